The van der Waals surface area contributed by atoms with Gasteiger partial charge in [-0.05, 0) is 60.2 Å². The molecule has 1 fully saturated rings. The van der Waals surface area contributed by atoms with Gasteiger partial charge in [-0.15, -0.1) is 11.3 Å². The summed E-state index contributed by atoms with van der Waals surface area (Å²) in [6, 6.07) is 2.44. The van der Waals surface area contributed by atoms with Crippen LogP contribution in [0.5, 0.6) is 0 Å². The van der Waals surface area contributed by atoms with E-state index in [4.69, 9.17) is 0 Å². The number of halogens is 1. The second-order valence-electron chi connectivity index (χ2n) is 5.58. The molecule has 1 aromatic rings. The van der Waals surface area contributed by atoms with Crippen LogP contribution in [-0.4, -0.2) is 39.5 Å². The van der Waals surface area contributed by atoms with E-state index in [2.05, 4.69) is 32.6 Å². The van der Waals surface area contributed by atoms with Gasteiger partial charge in [0.2, 0.25) is 0 Å². The molecule has 0 aromatic carbocycles. The molecular weight excluding hydrogens is 372 g/mol. The van der Waals surface area contributed by atoms with Gasteiger partial charge < -0.3 is 4.90 Å². The fraction of sp³-hybridized carbons (Fsp3) is 0.714. The lowest BCUT2D eigenvalue weighted by atomic mass is 9.94. The molecule has 0 unspecified atom stereocenters. The van der Waals surface area contributed by atoms with Crippen molar-refractivity contribution in [3.8, 4) is 0 Å². The molecule has 1 aliphatic rings. The largest absolute Gasteiger partial charge is 0.303 e. The molecule has 120 valence electrons. The highest BCUT2D eigenvalue weighted by atomic mass is 79.9. The maximum Gasteiger partial charge on any atom is 0.251 e. The molecule has 1 aliphatic carbocycles. The van der Waals surface area contributed by atoms with Crippen LogP contribution in [0.4, 0.5) is 0 Å². The quantitative estimate of drug-likeness (QED) is 0.720. The van der Waals surface area contributed by atoms with E-state index in [1.54, 1.807) is 11.4 Å². The number of sulfonamides is 1. The van der Waals surface area contributed by atoms with Gasteiger partial charge in [-0.25, -0.2) is 13.1 Å². The highest BCUT2D eigenvalue weighted by Crippen LogP contribution is 2.27. The van der Waals surface area contributed by atoms with E-state index < -0.39 is 10.0 Å². The van der Waals surface area contributed by atoms with Crippen molar-refractivity contribution in [2.45, 2.75) is 48.8 Å². The van der Waals surface area contributed by atoms with Crippen LogP contribution in [0.25, 0.3) is 0 Å². The van der Waals surface area contributed by atoms with Crippen molar-refractivity contribution in [3.05, 3.63) is 15.9 Å². The number of thiophene rings is 1. The maximum absolute atomic E-state index is 12.1. The molecule has 1 heterocycles. The van der Waals surface area contributed by atoms with Crippen LogP contribution in [0.3, 0.4) is 0 Å². The van der Waals surface area contributed by atoms with Crippen molar-refractivity contribution < 1.29 is 8.42 Å². The Kier molecular flexibility index (Phi) is 6.68. The molecule has 0 radical (unpaired) electrons. The molecule has 0 aliphatic heterocycles. The van der Waals surface area contributed by atoms with Crippen molar-refractivity contribution >= 4 is 37.3 Å². The molecule has 0 saturated heterocycles. The zero-order chi connectivity index (χ0) is 15.3. The average molecular weight is 395 g/mol. The summed E-state index contributed by atoms with van der Waals surface area (Å²) in [5, 5.41) is 1.77. The van der Waals surface area contributed by atoms with E-state index >= 15 is 0 Å². The maximum atomic E-state index is 12.1. The van der Waals surface area contributed by atoms with Gasteiger partial charge >= 0.3 is 0 Å². The van der Waals surface area contributed by atoms with Crippen molar-refractivity contribution in [2.24, 2.45) is 0 Å². The first-order valence-corrected chi connectivity index (χ1v) is 10.6. The number of nitrogens with zero attached hydrogens (tertiary/aromatic N) is 1. The summed E-state index contributed by atoms with van der Waals surface area (Å²) >= 11 is 4.51. The first-order valence-electron chi connectivity index (χ1n) is 7.43. The standard InChI is InChI=1S/C14H23BrN2O2S2/c1-17(12-6-3-2-4-7-12)10-5-9-16-21(18,19)14-13(15)8-11-20-14/h8,11-12,16H,2-7,9-10H2,1H3. The van der Waals surface area contributed by atoms with E-state index in [0.29, 0.717) is 21.3 Å². The average Bonchev–Trinajstić information content (AvgIpc) is 2.91. The summed E-state index contributed by atoms with van der Waals surface area (Å²) in [5.74, 6) is 0. The third-order valence-corrected chi connectivity index (χ3v) is 8.14. The van der Waals surface area contributed by atoms with Crippen LogP contribution in [0.15, 0.2) is 20.1 Å². The van der Waals surface area contributed by atoms with Gasteiger partial charge in [0.1, 0.15) is 4.21 Å². The molecule has 7 heteroatoms. The highest BCUT2D eigenvalue weighted by molar-refractivity contribution is 9.10. The van der Waals surface area contributed by atoms with Gasteiger partial charge in [0.25, 0.3) is 10.0 Å². The Labute approximate surface area is 140 Å². The number of hydrogen-bond donors (Lipinski definition) is 1. The lowest BCUT2D eigenvalue weighted by molar-refractivity contribution is 0.190. The van der Waals surface area contributed by atoms with Crippen LogP contribution in [0.2, 0.25) is 0 Å². The lowest BCUT2D eigenvalue weighted by Gasteiger charge is -2.31. The minimum Gasteiger partial charge on any atom is -0.303 e. The van der Waals surface area contributed by atoms with Crippen molar-refractivity contribution in [1.29, 1.82) is 0 Å². The summed E-state index contributed by atoms with van der Waals surface area (Å²) in [6.45, 7) is 1.43. The zero-order valence-electron chi connectivity index (χ0n) is 12.3. The second kappa shape index (κ2) is 8.06. The SMILES string of the molecule is CN(CCCNS(=O)(=O)c1sccc1Br)C1CCCCC1. The molecule has 2 rings (SSSR count). The molecule has 1 N–H and O–H groups in total. The molecule has 1 saturated carbocycles. The lowest BCUT2D eigenvalue weighted by Crippen LogP contribution is -2.35. The third-order valence-electron chi connectivity index (χ3n) is 4.01. The number of nitrogens with one attached hydrogen (secondary N) is 1. The summed E-state index contributed by atoms with van der Waals surface area (Å²) in [6.07, 6.45) is 7.42. The topological polar surface area (TPSA) is 49.4 Å². The van der Waals surface area contributed by atoms with Crippen molar-refractivity contribution in [1.82, 2.24) is 9.62 Å². The van der Waals surface area contributed by atoms with Crippen LogP contribution in [-0.2, 0) is 10.0 Å². The van der Waals surface area contributed by atoms with Crippen molar-refractivity contribution in [2.75, 3.05) is 20.1 Å². The summed E-state index contributed by atoms with van der Waals surface area (Å²) in [5.41, 5.74) is 0. The van der Waals surface area contributed by atoms with E-state index in [9.17, 15) is 8.42 Å². The Bertz CT molecular complexity index is 539. The Morgan fingerprint density at radius 1 is 1.38 bits per heavy atom. The predicted octanol–water partition coefficient (Wildman–Crippen LogP) is 3.44. The van der Waals surface area contributed by atoms with Gasteiger partial charge in [-0.2, -0.15) is 0 Å². The third kappa shape index (κ3) is 5.03. The van der Waals surface area contributed by atoms with Crippen LogP contribution >= 0.6 is 27.3 Å². The van der Waals surface area contributed by atoms with Crippen LogP contribution < -0.4 is 4.72 Å². The van der Waals surface area contributed by atoms with Gasteiger partial charge in [-0.1, -0.05) is 19.3 Å². The van der Waals surface area contributed by atoms with E-state index in [1.165, 1.54) is 43.4 Å². The molecule has 0 bridgehead atoms. The first kappa shape index (κ1) is 17.4. The molecule has 0 spiro atoms. The minimum absolute atomic E-state index is 0.364. The monoisotopic (exact) mass is 394 g/mol. The molecule has 1 aromatic heterocycles. The molecule has 4 nitrogen and oxygen atoms in total. The fourth-order valence-electron chi connectivity index (χ4n) is 2.78. The van der Waals surface area contributed by atoms with Crippen LogP contribution in [0, 0.1) is 0 Å². The Morgan fingerprint density at radius 2 is 2.10 bits per heavy atom. The first-order chi connectivity index (χ1) is 10.0. The second-order valence-corrected chi connectivity index (χ2v) is 9.31. The Morgan fingerprint density at radius 3 is 2.71 bits per heavy atom. The summed E-state index contributed by atoms with van der Waals surface area (Å²) < 4.78 is 27.9. The van der Waals surface area contributed by atoms with Gasteiger partial charge in [0.05, 0.1) is 0 Å². The molecular formula is C14H23BrN2O2S2. The van der Waals surface area contributed by atoms with E-state index in [-0.39, 0.29) is 0 Å². The molecule has 21 heavy (non-hydrogen) atoms. The fourth-order valence-corrected chi connectivity index (χ4v) is 6.23. The number of rotatable bonds is 7. The molecule has 0 atom stereocenters. The Balaban J connectivity index is 1.73. The normalized spacial score (nSPS) is 17.5. The number of hydrogen-bond acceptors (Lipinski definition) is 4. The van der Waals surface area contributed by atoms with Gasteiger partial charge in [0, 0.05) is 17.1 Å². The zero-order valence-corrected chi connectivity index (χ0v) is 15.6. The Hall–Kier alpha value is 0.0500. The summed E-state index contributed by atoms with van der Waals surface area (Å²) in [7, 11) is -1.21. The van der Waals surface area contributed by atoms with Crippen LogP contribution in [0.1, 0.15) is 38.5 Å². The smallest absolute Gasteiger partial charge is 0.251 e. The van der Waals surface area contributed by atoms with E-state index in [0.717, 1.165) is 13.0 Å². The molecule has 0 amide bonds. The van der Waals surface area contributed by atoms with Gasteiger partial charge in [-0.3, -0.25) is 0 Å². The van der Waals surface area contributed by atoms with E-state index in [1.807, 2.05) is 0 Å². The summed E-state index contributed by atoms with van der Waals surface area (Å²) in [4.78, 5) is 2.38. The van der Waals surface area contributed by atoms with Crippen molar-refractivity contribution in [3.63, 3.8) is 0 Å². The predicted molar refractivity (Wildman–Crippen MR) is 91.3 cm³/mol. The minimum atomic E-state index is -3.37. The van der Waals surface area contributed by atoms with Gasteiger partial charge in [0.15, 0.2) is 0 Å². The highest BCUT2D eigenvalue weighted by Gasteiger charge is 2.20.